The summed E-state index contributed by atoms with van der Waals surface area (Å²) in [5.41, 5.74) is 2.46. The third kappa shape index (κ3) is 3.38. The molecule has 2 heterocycles. The highest BCUT2D eigenvalue weighted by molar-refractivity contribution is 9.10. The molecule has 0 aliphatic carbocycles. The summed E-state index contributed by atoms with van der Waals surface area (Å²) in [6, 6.07) is 0.597. The molecule has 19 heavy (non-hydrogen) atoms. The fourth-order valence-corrected chi connectivity index (χ4v) is 3.58. The number of aromatic nitrogens is 2. The van der Waals surface area contributed by atoms with E-state index in [2.05, 4.69) is 51.7 Å². The summed E-state index contributed by atoms with van der Waals surface area (Å²) in [7, 11) is 4.27. The Labute approximate surface area is 124 Å². The molecule has 1 aromatic rings. The summed E-state index contributed by atoms with van der Waals surface area (Å²) in [6.07, 6.45) is 2.23. The van der Waals surface area contributed by atoms with Gasteiger partial charge < -0.3 is 4.90 Å². The van der Waals surface area contributed by atoms with E-state index in [1.165, 1.54) is 29.7 Å². The molecular weight excluding hydrogens is 304 g/mol. The van der Waals surface area contributed by atoms with Crippen LogP contribution in [0.1, 0.15) is 31.7 Å². The van der Waals surface area contributed by atoms with E-state index >= 15 is 0 Å². The third-order valence-corrected chi connectivity index (χ3v) is 4.96. The average Bonchev–Trinajstić information content (AvgIpc) is 2.53. The Morgan fingerprint density at radius 3 is 2.68 bits per heavy atom. The molecule has 0 amide bonds. The number of halogens is 1. The van der Waals surface area contributed by atoms with Gasteiger partial charge in [0.1, 0.15) is 0 Å². The van der Waals surface area contributed by atoms with Crippen LogP contribution < -0.4 is 0 Å². The maximum Gasteiger partial charge on any atom is 0.0767 e. The van der Waals surface area contributed by atoms with Gasteiger partial charge in [0.05, 0.1) is 15.9 Å². The number of nitrogens with zero attached hydrogens (tertiary/aromatic N) is 4. The maximum absolute atomic E-state index is 4.59. The van der Waals surface area contributed by atoms with Crippen LogP contribution in [0.3, 0.4) is 0 Å². The molecule has 1 fully saturated rings. The zero-order valence-corrected chi connectivity index (χ0v) is 14.1. The second kappa shape index (κ2) is 6.37. The molecule has 1 aliphatic rings. The minimum absolute atomic E-state index is 0.597. The summed E-state index contributed by atoms with van der Waals surface area (Å²) in [5.74, 6) is 0. The minimum atomic E-state index is 0.597. The lowest BCUT2D eigenvalue weighted by molar-refractivity contribution is 0.190. The van der Waals surface area contributed by atoms with Gasteiger partial charge in [0.15, 0.2) is 0 Å². The number of hydrogen-bond acceptors (Lipinski definition) is 3. The van der Waals surface area contributed by atoms with Crippen molar-refractivity contribution in [3.05, 3.63) is 15.9 Å². The molecule has 1 saturated heterocycles. The van der Waals surface area contributed by atoms with Crippen molar-refractivity contribution >= 4 is 15.9 Å². The highest BCUT2D eigenvalue weighted by Crippen LogP contribution is 2.24. The van der Waals surface area contributed by atoms with E-state index in [0.717, 1.165) is 25.2 Å². The zero-order chi connectivity index (χ0) is 14.0. The van der Waals surface area contributed by atoms with Crippen LogP contribution in [0.4, 0.5) is 0 Å². The maximum atomic E-state index is 4.59. The van der Waals surface area contributed by atoms with E-state index in [1.54, 1.807) is 0 Å². The summed E-state index contributed by atoms with van der Waals surface area (Å²) in [4.78, 5) is 5.01. The van der Waals surface area contributed by atoms with Gasteiger partial charge in [-0.1, -0.05) is 6.92 Å². The van der Waals surface area contributed by atoms with Crippen molar-refractivity contribution in [3.8, 4) is 0 Å². The van der Waals surface area contributed by atoms with E-state index in [9.17, 15) is 0 Å². The lowest BCUT2D eigenvalue weighted by Crippen LogP contribution is -2.37. The SMILES string of the molecule is CCc1nn(C)c(CN2CCCN(C)CC2C)c1Br. The van der Waals surface area contributed by atoms with Gasteiger partial charge in [-0.05, 0) is 49.3 Å². The van der Waals surface area contributed by atoms with Crippen LogP contribution in [0.5, 0.6) is 0 Å². The van der Waals surface area contributed by atoms with E-state index in [4.69, 9.17) is 0 Å². The summed E-state index contributed by atoms with van der Waals surface area (Å²) in [6.45, 7) is 8.99. The Morgan fingerprint density at radius 1 is 1.32 bits per heavy atom. The lowest BCUT2D eigenvalue weighted by atomic mass is 10.2. The standard InChI is InChI=1S/C14H25BrN4/c1-5-12-14(15)13(18(4)16-12)10-19-8-6-7-17(3)9-11(19)2/h11H,5-10H2,1-4H3. The van der Waals surface area contributed by atoms with Gasteiger partial charge in [-0.25, -0.2) is 0 Å². The van der Waals surface area contributed by atoms with Gasteiger partial charge in [0, 0.05) is 32.7 Å². The zero-order valence-electron chi connectivity index (χ0n) is 12.5. The van der Waals surface area contributed by atoms with Crippen LogP contribution in [0.2, 0.25) is 0 Å². The monoisotopic (exact) mass is 328 g/mol. The Morgan fingerprint density at radius 2 is 2.05 bits per heavy atom. The molecule has 2 rings (SSSR count). The first-order valence-corrected chi connectivity index (χ1v) is 7.95. The largest absolute Gasteiger partial charge is 0.305 e. The first kappa shape index (κ1) is 15.0. The van der Waals surface area contributed by atoms with Gasteiger partial charge >= 0.3 is 0 Å². The molecular formula is C14H25BrN4. The van der Waals surface area contributed by atoms with Crippen molar-refractivity contribution in [3.63, 3.8) is 0 Å². The van der Waals surface area contributed by atoms with E-state index < -0.39 is 0 Å². The lowest BCUT2D eigenvalue weighted by Gasteiger charge is -2.27. The van der Waals surface area contributed by atoms with E-state index in [1.807, 2.05) is 11.7 Å². The molecule has 5 heteroatoms. The Bertz CT molecular complexity index is 429. The molecule has 0 aromatic carbocycles. The van der Waals surface area contributed by atoms with Crippen molar-refractivity contribution in [1.29, 1.82) is 0 Å². The van der Waals surface area contributed by atoms with Crippen LogP contribution in [-0.4, -0.2) is 52.3 Å². The summed E-state index contributed by atoms with van der Waals surface area (Å²) in [5, 5.41) is 4.59. The van der Waals surface area contributed by atoms with Crippen LogP contribution in [0.15, 0.2) is 4.47 Å². The molecule has 1 unspecified atom stereocenters. The van der Waals surface area contributed by atoms with Gasteiger partial charge in [0.25, 0.3) is 0 Å². The van der Waals surface area contributed by atoms with Crippen LogP contribution in [-0.2, 0) is 20.0 Å². The number of aryl methyl sites for hydroxylation is 2. The van der Waals surface area contributed by atoms with Crippen molar-refractivity contribution in [2.24, 2.45) is 7.05 Å². The number of hydrogen-bond donors (Lipinski definition) is 0. The molecule has 0 radical (unpaired) electrons. The Hall–Kier alpha value is -0.390. The minimum Gasteiger partial charge on any atom is -0.305 e. The van der Waals surface area contributed by atoms with E-state index in [0.29, 0.717) is 6.04 Å². The molecule has 1 aliphatic heterocycles. The topological polar surface area (TPSA) is 24.3 Å². The molecule has 1 atom stereocenters. The molecule has 108 valence electrons. The van der Waals surface area contributed by atoms with Crippen molar-refractivity contribution in [2.75, 3.05) is 26.7 Å². The highest BCUT2D eigenvalue weighted by Gasteiger charge is 2.22. The fraction of sp³-hybridized carbons (Fsp3) is 0.786. The van der Waals surface area contributed by atoms with Gasteiger partial charge in [-0.2, -0.15) is 5.10 Å². The fourth-order valence-electron chi connectivity index (χ4n) is 2.84. The van der Waals surface area contributed by atoms with Crippen molar-refractivity contribution < 1.29 is 0 Å². The first-order valence-electron chi connectivity index (χ1n) is 7.15. The molecule has 0 bridgehead atoms. The van der Waals surface area contributed by atoms with Crippen molar-refractivity contribution in [1.82, 2.24) is 19.6 Å². The van der Waals surface area contributed by atoms with Gasteiger partial charge in [-0.15, -0.1) is 0 Å². The van der Waals surface area contributed by atoms with Crippen molar-refractivity contribution in [2.45, 2.75) is 39.3 Å². The van der Waals surface area contributed by atoms with Gasteiger partial charge in [0.2, 0.25) is 0 Å². The second-order valence-corrected chi connectivity index (χ2v) is 6.41. The third-order valence-electron chi connectivity index (χ3n) is 4.04. The Kier molecular flexibility index (Phi) is 5.03. The van der Waals surface area contributed by atoms with E-state index in [-0.39, 0.29) is 0 Å². The normalized spacial score (nSPS) is 22.7. The smallest absolute Gasteiger partial charge is 0.0767 e. The first-order chi connectivity index (χ1) is 9.02. The molecule has 0 spiro atoms. The molecule has 0 N–H and O–H groups in total. The molecule has 4 nitrogen and oxygen atoms in total. The van der Waals surface area contributed by atoms with Crippen LogP contribution in [0.25, 0.3) is 0 Å². The quantitative estimate of drug-likeness (QED) is 0.850. The van der Waals surface area contributed by atoms with Crippen LogP contribution in [0, 0.1) is 0 Å². The van der Waals surface area contributed by atoms with Gasteiger partial charge in [-0.3, -0.25) is 9.58 Å². The number of rotatable bonds is 3. The highest BCUT2D eigenvalue weighted by atomic mass is 79.9. The summed E-state index contributed by atoms with van der Waals surface area (Å²) < 4.78 is 3.23. The molecule has 1 aromatic heterocycles. The predicted molar refractivity (Wildman–Crippen MR) is 82.3 cm³/mol. The molecule has 0 saturated carbocycles. The second-order valence-electron chi connectivity index (χ2n) is 5.62. The Balaban J connectivity index is 2.14. The van der Waals surface area contributed by atoms with Crippen LogP contribution >= 0.6 is 15.9 Å². The average molecular weight is 329 g/mol. The predicted octanol–water partition coefficient (Wildman–Crippen LogP) is 2.27. The number of likely N-dealkylation sites (N-methyl/N-ethyl adjacent to an activating group) is 1. The summed E-state index contributed by atoms with van der Waals surface area (Å²) >= 11 is 3.72.